The molecule has 8 heteroatoms. The summed E-state index contributed by atoms with van der Waals surface area (Å²) in [6.07, 6.45) is 0. The Morgan fingerprint density at radius 1 is 1.00 bits per heavy atom. The normalized spacial score (nSPS) is 11.1. The molecule has 5 rings (SSSR count). The number of nitrogens with zero attached hydrogens (tertiary/aromatic N) is 4. The van der Waals surface area contributed by atoms with Gasteiger partial charge in [0.05, 0.1) is 24.7 Å². The van der Waals surface area contributed by atoms with Gasteiger partial charge in [0.1, 0.15) is 5.75 Å². The average Bonchev–Trinajstić information content (AvgIpc) is 3.29. The lowest BCUT2D eigenvalue weighted by molar-refractivity contribution is 0.101. The number of hydrogen-bond acceptors (Lipinski definition) is 5. The minimum absolute atomic E-state index is 0.0802. The van der Waals surface area contributed by atoms with Gasteiger partial charge in [-0.2, -0.15) is 4.98 Å². The highest BCUT2D eigenvalue weighted by Gasteiger charge is 2.20. The Balaban J connectivity index is 1.62. The number of hydrogen-bond donors (Lipinski definition) is 1. The van der Waals surface area contributed by atoms with Gasteiger partial charge < -0.3 is 10.1 Å². The van der Waals surface area contributed by atoms with E-state index in [1.807, 2.05) is 56.3 Å². The first kappa shape index (κ1) is 21.4. The van der Waals surface area contributed by atoms with Gasteiger partial charge in [0.15, 0.2) is 0 Å². The van der Waals surface area contributed by atoms with E-state index >= 15 is 0 Å². The van der Waals surface area contributed by atoms with Crippen molar-refractivity contribution < 1.29 is 9.53 Å². The van der Waals surface area contributed by atoms with Crippen molar-refractivity contribution in [3.8, 4) is 5.75 Å². The molecule has 0 saturated carbocycles. The first-order valence-corrected chi connectivity index (χ1v) is 10.8. The number of amides is 1. The maximum Gasteiger partial charge on any atom is 0.296 e. The first-order valence-electron chi connectivity index (χ1n) is 10.8. The molecule has 0 aliphatic rings. The fourth-order valence-electron chi connectivity index (χ4n) is 3.95. The second kappa shape index (κ2) is 8.47. The largest absolute Gasteiger partial charge is 0.497 e. The van der Waals surface area contributed by atoms with Crippen LogP contribution in [0.2, 0.25) is 0 Å². The summed E-state index contributed by atoms with van der Waals surface area (Å²) in [7, 11) is 1.58. The highest BCUT2D eigenvalue weighted by Crippen LogP contribution is 2.19. The summed E-state index contributed by atoms with van der Waals surface area (Å²) in [6.45, 7) is 4.38. The molecule has 0 aliphatic carbocycles. The van der Waals surface area contributed by atoms with Crippen LogP contribution in [0.4, 0.5) is 5.69 Å². The lowest BCUT2D eigenvalue weighted by atomic mass is 10.1. The smallest absolute Gasteiger partial charge is 0.296 e. The molecule has 0 fully saturated rings. The maximum atomic E-state index is 13.5. The maximum absolute atomic E-state index is 13.5. The molecule has 5 aromatic rings. The van der Waals surface area contributed by atoms with Crippen LogP contribution in [0.25, 0.3) is 16.7 Å². The molecule has 0 saturated heterocycles. The molecule has 2 aromatic heterocycles. The molecule has 1 N–H and O–H groups in total. The number of aromatic nitrogens is 4. The Bertz CT molecular complexity index is 1600. The molecule has 0 unspecified atom stereocenters. The molecule has 1 amide bonds. The van der Waals surface area contributed by atoms with Gasteiger partial charge >= 0.3 is 0 Å². The van der Waals surface area contributed by atoms with E-state index in [1.165, 1.54) is 4.52 Å². The van der Waals surface area contributed by atoms with E-state index in [2.05, 4.69) is 15.4 Å². The van der Waals surface area contributed by atoms with Gasteiger partial charge in [-0.25, -0.2) is 4.52 Å². The van der Waals surface area contributed by atoms with Gasteiger partial charge in [0.2, 0.25) is 11.5 Å². The fraction of sp³-hybridized carbons (Fsp3) is 0.154. The van der Waals surface area contributed by atoms with E-state index in [0.29, 0.717) is 23.5 Å². The number of carbonyl (C=O) groups excluding carboxylic acids is 1. The van der Waals surface area contributed by atoms with Crippen molar-refractivity contribution in [2.45, 2.75) is 20.4 Å². The van der Waals surface area contributed by atoms with Gasteiger partial charge in [-0.3, -0.25) is 14.2 Å². The summed E-state index contributed by atoms with van der Waals surface area (Å²) in [6, 6.07) is 20.7. The zero-order valence-corrected chi connectivity index (χ0v) is 19.1. The number of methoxy groups -OCH3 is 1. The van der Waals surface area contributed by atoms with Crippen molar-refractivity contribution in [3.05, 3.63) is 99.6 Å². The number of rotatable bonds is 5. The summed E-state index contributed by atoms with van der Waals surface area (Å²) in [5, 5.41) is 7.15. The van der Waals surface area contributed by atoms with Crippen molar-refractivity contribution in [1.29, 1.82) is 0 Å². The Morgan fingerprint density at radius 3 is 2.50 bits per heavy atom. The van der Waals surface area contributed by atoms with E-state index in [9.17, 15) is 9.59 Å². The SMILES string of the molecule is COc1ccc(NC(=O)c2nc3c(=O)n(Cc4ccccc4C)c4cc(C)ccc4n3n2)cc1. The zero-order valence-electron chi connectivity index (χ0n) is 19.1. The lowest BCUT2D eigenvalue weighted by Crippen LogP contribution is -2.24. The molecule has 8 nitrogen and oxygen atoms in total. The third-order valence-corrected chi connectivity index (χ3v) is 5.83. The van der Waals surface area contributed by atoms with Gasteiger partial charge in [-0.05, 0) is 66.9 Å². The fourth-order valence-corrected chi connectivity index (χ4v) is 3.95. The third kappa shape index (κ3) is 3.79. The predicted octanol–water partition coefficient (Wildman–Crippen LogP) is 3.97. The van der Waals surface area contributed by atoms with Crippen LogP contribution >= 0.6 is 0 Å². The van der Waals surface area contributed by atoms with Gasteiger partial charge in [-0.1, -0.05) is 30.3 Å². The standard InChI is InChI=1S/C26H23N5O3/c1-16-8-13-21-22(14-16)30(15-18-7-5-4-6-17(18)2)26(33)24-28-23(29-31(21)24)25(32)27-19-9-11-20(34-3)12-10-19/h4-14H,15H2,1-3H3,(H,27,32). The molecule has 0 spiro atoms. The molecule has 0 atom stereocenters. The van der Waals surface area contributed by atoms with Crippen molar-refractivity contribution in [2.24, 2.45) is 0 Å². The number of anilines is 1. The van der Waals surface area contributed by atoms with Crippen molar-refractivity contribution >= 4 is 28.3 Å². The second-order valence-corrected chi connectivity index (χ2v) is 8.16. The van der Waals surface area contributed by atoms with Crippen LogP contribution in [-0.4, -0.2) is 32.2 Å². The van der Waals surface area contributed by atoms with E-state index in [4.69, 9.17) is 4.74 Å². The molecular weight excluding hydrogens is 430 g/mol. The summed E-state index contributed by atoms with van der Waals surface area (Å²) >= 11 is 0. The average molecular weight is 454 g/mol. The Kier molecular flexibility index (Phi) is 5.33. The quantitative estimate of drug-likeness (QED) is 0.435. The Hall–Kier alpha value is -4.46. The molecule has 0 bridgehead atoms. The minimum Gasteiger partial charge on any atom is -0.497 e. The molecule has 2 heterocycles. The predicted molar refractivity (Wildman–Crippen MR) is 131 cm³/mol. The number of nitrogens with one attached hydrogen (secondary N) is 1. The summed E-state index contributed by atoms with van der Waals surface area (Å²) in [4.78, 5) is 30.7. The third-order valence-electron chi connectivity index (χ3n) is 5.83. The first-order chi connectivity index (χ1) is 16.4. The van der Waals surface area contributed by atoms with Gasteiger partial charge in [-0.15, -0.1) is 5.10 Å². The van der Waals surface area contributed by atoms with Crippen LogP contribution in [0, 0.1) is 13.8 Å². The van der Waals surface area contributed by atoms with Crippen LogP contribution in [0.5, 0.6) is 5.75 Å². The molecule has 3 aromatic carbocycles. The van der Waals surface area contributed by atoms with E-state index in [1.54, 1.807) is 35.9 Å². The van der Waals surface area contributed by atoms with Crippen LogP contribution < -0.4 is 15.6 Å². The number of ether oxygens (including phenoxy) is 1. The molecule has 0 radical (unpaired) electrons. The van der Waals surface area contributed by atoms with Crippen LogP contribution in [0.1, 0.15) is 27.3 Å². The molecule has 170 valence electrons. The molecular formula is C26H23N5O3. The molecule has 0 aliphatic heterocycles. The summed E-state index contributed by atoms with van der Waals surface area (Å²) in [5.74, 6) is 0.0993. The summed E-state index contributed by atoms with van der Waals surface area (Å²) < 4.78 is 8.29. The second-order valence-electron chi connectivity index (χ2n) is 8.16. The Morgan fingerprint density at radius 2 is 1.76 bits per heavy atom. The van der Waals surface area contributed by atoms with Crippen molar-refractivity contribution in [3.63, 3.8) is 0 Å². The number of carbonyl (C=O) groups is 1. The van der Waals surface area contributed by atoms with E-state index in [0.717, 1.165) is 22.2 Å². The number of fused-ring (bicyclic) bond motifs is 3. The van der Waals surface area contributed by atoms with E-state index < -0.39 is 5.91 Å². The van der Waals surface area contributed by atoms with Crippen LogP contribution in [0.3, 0.4) is 0 Å². The van der Waals surface area contributed by atoms with Crippen LogP contribution in [0.15, 0.2) is 71.5 Å². The highest BCUT2D eigenvalue weighted by molar-refractivity contribution is 6.02. The molecule has 34 heavy (non-hydrogen) atoms. The summed E-state index contributed by atoms with van der Waals surface area (Å²) in [5.41, 5.74) is 4.94. The minimum atomic E-state index is -0.501. The topological polar surface area (TPSA) is 90.5 Å². The highest BCUT2D eigenvalue weighted by atomic mass is 16.5. The van der Waals surface area contributed by atoms with Crippen molar-refractivity contribution in [2.75, 3.05) is 12.4 Å². The number of aryl methyl sites for hydroxylation is 2. The monoisotopic (exact) mass is 453 g/mol. The lowest BCUT2D eigenvalue weighted by Gasteiger charge is -2.13. The number of benzene rings is 3. The van der Waals surface area contributed by atoms with Crippen molar-refractivity contribution in [1.82, 2.24) is 19.2 Å². The van der Waals surface area contributed by atoms with E-state index in [-0.39, 0.29) is 17.0 Å². The van der Waals surface area contributed by atoms with Crippen LogP contribution in [-0.2, 0) is 6.54 Å². The van der Waals surface area contributed by atoms with Gasteiger partial charge in [0.25, 0.3) is 11.5 Å². The zero-order chi connectivity index (χ0) is 23.8. The Labute approximate surface area is 195 Å². The van der Waals surface area contributed by atoms with Gasteiger partial charge in [0, 0.05) is 5.69 Å².